The third-order valence-electron chi connectivity index (χ3n) is 5.19. The maximum atomic E-state index is 15.4. The molecule has 0 amide bonds. The Hall–Kier alpha value is -2.41. The van der Waals surface area contributed by atoms with Gasteiger partial charge in [-0.1, -0.05) is 18.2 Å². The molecule has 0 spiro atoms. The second-order valence-corrected chi connectivity index (χ2v) is 7.67. The van der Waals surface area contributed by atoms with Crippen molar-refractivity contribution in [2.45, 2.75) is 44.3 Å². The van der Waals surface area contributed by atoms with Gasteiger partial charge in [-0.3, -0.25) is 4.99 Å². The van der Waals surface area contributed by atoms with Crippen molar-refractivity contribution < 1.29 is 22.3 Å². The monoisotopic (exact) mass is 394 g/mol. The standard InChI is InChI=1S/C21H22F4N2O/c1-19(2)21(24,25)20(3,27-18(26)12-28-19)16-11-14(6-9-17(16)23)10-13-4-7-15(22)8-5-13/h4-9,11H,10,12H2,1-3H3,(H2,26,27)/t20-/m1/s1. The first kappa shape index (κ1) is 20.3. The maximum absolute atomic E-state index is 15.4. The fourth-order valence-electron chi connectivity index (χ4n) is 3.44. The number of aliphatic imine (C=N–C) groups is 1. The van der Waals surface area contributed by atoms with Gasteiger partial charge < -0.3 is 10.5 Å². The molecular weight excluding hydrogens is 372 g/mol. The highest BCUT2D eigenvalue weighted by Gasteiger charge is 2.63. The van der Waals surface area contributed by atoms with E-state index in [0.717, 1.165) is 18.6 Å². The predicted octanol–water partition coefficient (Wildman–Crippen LogP) is 4.57. The van der Waals surface area contributed by atoms with Crippen LogP contribution in [0.15, 0.2) is 47.5 Å². The predicted molar refractivity (Wildman–Crippen MR) is 99.6 cm³/mol. The molecule has 7 heteroatoms. The Morgan fingerprint density at radius 3 is 2.25 bits per heavy atom. The lowest BCUT2D eigenvalue weighted by molar-refractivity contribution is -0.214. The minimum atomic E-state index is -3.55. The van der Waals surface area contributed by atoms with E-state index >= 15 is 8.78 Å². The zero-order valence-electron chi connectivity index (χ0n) is 15.9. The molecule has 0 aliphatic carbocycles. The number of hydrogen-bond acceptors (Lipinski definition) is 3. The fourth-order valence-corrected chi connectivity index (χ4v) is 3.44. The number of alkyl halides is 2. The highest BCUT2D eigenvalue weighted by atomic mass is 19.3. The van der Waals surface area contributed by atoms with Crippen LogP contribution in [0, 0.1) is 11.6 Å². The Bertz CT molecular complexity index is 909. The fraction of sp³-hybridized carbons (Fsp3) is 0.381. The van der Waals surface area contributed by atoms with Crippen molar-refractivity contribution in [3.05, 3.63) is 70.8 Å². The van der Waals surface area contributed by atoms with Crippen molar-refractivity contribution >= 4 is 5.84 Å². The number of benzene rings is 2. The van der Waals surface area contributed by atoms with E-state index in [9.17, 15) is 8.78 Å². The topological polar surface area (TPSA) is 47.6 Å². The van der Waals surface area contributed by atoms with E-state index in [-0.39, 0.29) is 23.8 Å². The minimum absolute atomic E-state index is 0.129. The molecular formula is C21H22F4N2O. The summed E-state index contributed by atoms with van der Waals surface area (Å²) >= 11 is 0. The first-order valence-electron chi connectivity index (χ1n) is 8.85. The molecule has 0 radical (unpaired) electrons. The van der Waals surface area contributed by atoms with Crippen molar-refractivity contribution in [3.63, 3.8) is 0 Å². The second-order valence-electron chi connectivity index (χ2n) is 7.67. The first-order chi connectivity index (χ1) is 13.0. The molecule has 0 unspecified atom stereocenters. The summed E-state index contributed by atoms with van der Waals surface area (Å²) < 4.78 is 63.9. The first-order valence-corrected chi connectivity index (χ1v) is 8.85. The molecule has 1 aliphatic rings. The minimum Gasteiger partial charge on any atom is -0.385 e. The lowest BCUT2D eigenvalue weighted by atomic mass is 9.77. The zero-order chi connectivity index (χ0) is 20.7. The Balaban J connectivity index is 2.10. The summed E-state index contributed by atoms with van der Waals surface area (Å²) in [6.45, 7) is 3.37. The largest absolute Gasteiger partial charge is 0.385 e. The summed E-state index contributed by atoms with van der Waals surface area (Å²) in [5, 5.41) is 0. The van der Waals surface area contributed by atoms with Gasteiger partial charge in [0.2, 0.25) is 0 Å². The SMILES string of the molecule is CC1(C)OCC(N)=N[C@](C)(c2cc(Cc3ccc(F)cc3)ccc2F)C1(F)F. The van der Waals surface area contributed by atoms with Crippen LogP contribution >= 0.6 is 0 Å². The van der Waals surface area contributed by atoms with Gasteiger partial charge >= 0.3 is 5.92 Å². The highest BCUT2D eigenvalue weighted by Crippen LogP contribution is 2.50. The van der Waals surface area contributed by atoms with Crippen LogP contribution in [0.1, 0.15) is 37.5 Å². The second kappa shape index (κ2) is 6.88. The lowest BCUT2D eigenvalue weighted by Gasteiger charge is -2.42. The van der Waals surface area contributed by atoms with E-state index in [1.54, 1.807) is 12.1 Å². The average Bonchev–Trinajstić information content (AvgIpc) is 2.68. The third kappa shape index (κ3) is 3.39. The zero-order valence-corrected chi connectivity index (χ0v) is 15.9. The number of halogens is 4. The van der Waals surface area contributed by atoms with Crippen LogP contribution in [0.2, 0.25) is 0 Å². The van der Waals surface area contributed by atoms with Gasteiger partial charge in [0.1, 0.15) is 29.7 Å². The highest BCUT2D eigenvalue weighted by molar-refractivity contribution is 5.82. The number of amidine groups is 1. The quantitative estimate of drug-likeness (QED) is 0.775. The molecule has 0 aromatic heterocycles. The number of nitrogens with zero attached hydrogens (tertiary/aromatic N) is 1. The van der Waals surface area contributed by atoms with E-state index in [1.807, 2.05) is 0 Å². The van der Waals surface area contributed by atoms with Gasteiger partial charge in [-0.25, -0.2) is 17.6 Å². The van der Waals surface area contributed by atoms with E-state index in [0.29, 0.717) is 12.0 Å². The number of ether oxygens (including phenoxy) is 1. The van der Waals surface area contributed by atoms with Crippen molar-refractivity contribution in [1.29, 1.82) is 0 Å². The van der Waals surface area contributed by atoms with Crippen LogP contribution in [0.5, 0.6) is 0 Å². The Kier molecular flexibility index (Phi) is 5.00. The smallest absolute Gasteiger partial charge is 0.304 e. The molecule has 2 aromatic rings. The molecule has 3 nitrogen and oxygen atoms in total. The van der Waals surface area contributed by atoms with Crippen molar-refractivity contribution in [2.75, 3.05) is 6.61 Å². The van der Waals surface area contributed by atoms with Crippen LogP contribution in [0.4, 0.5) is 17.6 Å². The molecule has 2 N–H and O–H groups in total. The van der Waals surface area contributed by atoms with E-state index < -0.39 is 22.9 Å². The third-order valence-corrected chi connectivity index (χ3v) is 5.19. The van der Waals surface area contributed by atoms with Crippen molar-refractivity contribution in [2.24, 2.45) is 10.7 Å². The molecule has 2 aromatic carbocycles. The summed E-state index contributed by atoms with van der Waals surface area (Å²) in [5.74, 6) is -4.85. The molecule has 1 aliphatic heterocycles. The van der Waals surface area contributed by atoms with Crippen LogP contribution < -0.4 is 5.73 Å². The van der Waals surface area contributed by atoms with Crippen LogP contribution in [0.3, 0.4) is 0 Å². The summed E-state index contributed by atoms with van der Waals surface area (Å²) in [4.78, 5) is 3.98. The lowest BCUT2D eigenvalue weighted by Crippen LogP contribution is -2.56. The van der Waals surface area contributed by atoms with Crippen molar-refractivity contribution in [1.82, 2.24) is 0 Å². The van der Waals surface area contributed by atoms with E-state index in [2.05, 4.69) is 4.99 Å². The Morgan fingerprint density at radius 1 is 1.00 bits per heavy atom. The van der Waals surface area contributed by atoms with Gasteiger partial charge in [-0.15, -0.1) is 0 Å². The number of nitrogens with two attached hydrogens (primary N) is 1. The van der Waals surface area contributed by atoms with Gasteiger partial charge in [0.25, 0.3) is 0 Å². The van der Waals surface area contributed by atoms with Gasteiger partial charge in [-0.2, -0.15) is 0 Å². The molecule has 3 rings (SSSR count). The Morgan fingerprint density at radius 2 is 1.61 bits per heavy atom. The molecule has 0 bridgehead atoms. The summed E-state index contributed by atoms with van der Waals surface area (Å²) in [5.41, 5.74) is 2.68. The maximum Gasteiger partial charge on any atom is 0.304 e. The van der Waals surface area contributed by atoms with Gasteiger partial charge in [-0.05, 0) is 62.6 Å². The molecule has 0 fully saturated rings. The number of rotatable bonds is 3. The number of hydrogen-bond donors (Lipinski definition) is 1. The van der Waals surface area contributed by atoms with Crippen LogP contribution in [-0.4, -0.2) is 24.0 Å². The van der Waals surface area contributed by atoms with Crippen LogP contribution in [-0.2, 0) is 16.7 Å². The summed E-state index contributed by atoms with van der Waals surface area (Å²) in [6, 6.07) is 9.82. The van der Waals surface area contributed by atoms with Crippen LogP contribution in [0.25, 0.3) is 0 Å². The Labute approximate surface area is 161 Å². The van der Waals surface area contributed by atoms with Gasteiger partial charge in [0.05, 0.1) is 0 Å². The summed E-state index contributed by atoms with van der Waals surface area (Å²) in [7, 11) is 0. The van der Waals surface area contributed by atoms with Crippen molar-refractivity contribution in [3.8, 4) is 0 Å². The molecule has 1 atom stereocenters. The molecule has 0 saturated heterocycles. The van der Waals surface area contributed by atoms with Gasteiger partial charge in [0.15, 0.2) is 5.54 Å². The molecule has 0 saturated carbocycles. The van der Waals surface area contributed by atoms with E-state index in [4.69, 9.17) is 10.5 Å². The normalized spacial score (nSPS) is 23.8. The van der Waals surface area contributed by atoms with E-state index in [1.165, 1.54) is 38.1 Å². The molecule has 28 heavy (non-hydrogen) atoms. The van der Waals surface area contributed by atoms with Gasteiger partial charge in [0, 0.05) is 5.56 Å². The average molecular weight is 394 g/mol. The molecule has 150 valence electrons. The molecule has 1 heterocycles. The summed E-state index contributed by atoms with van der Waals surface area (Å²) in [6.07, 6.45) is 0.328.